The highest BCUT2D eigenvalue weighted by molar-refractivity contribution is 9.10. The summed E-state index contributed by atoms with van der Waals surface area (Å²) in [5, 5.41) is 11.3. The number of carbonyl (C=O) groups is 1. The summed E-state index contributed by atoms with van der Waals surface area (Å²) in [5.74, 6) is -0.427. The van der Waals surface area contributed by atoms with Crippen molar-refractivity contribution in [2.24, 2.45) is 5.92 Å². The molecule has 1 N–H and O–H groups in total. The van der Waals surface area contributed by atoms with Crippen molar-refractivity contribution in [1.82, 2.24) is 0 Å². The Morgan fingerprint density at radius 2 is 2.31 bits per heavy atom. The maximum absolute atomic E-state index is 11.7. The highest BCUT2D eigenvalue weighted by Crippen LogP contribution is 2.24. The van der Waals surface area contributed by atoms with Crippen LogP contribution >= 0.6 is 15.9 Å². The molecule has 3 nitrogen and oxygen atoms in total. The summed E-state index contributed by atoms with van der Waals surface area (Å²) in [7, 11) is 0. The lowest BCUT2D eigenvalue weighted by Crippen LogP contribution is -2.20. The lowest BCUT2D eigenvalue weighted by atomic mass is 10.1. The van der Waals surface area contributed by atoms with E-state index in [1.165, 1.54) is 0 Å². The molecule has 1 amide bonds. The van der Waals surface area contributed by atoms with E-state index in [0.29, 0.717) is 0 Å². The lowest BCUT2D eigenvalue weighted by molar-refractivity contribution is -0.119. The predicted octanol–water partition coefficient (Wildman–Crippen LogP) is 3.25. The van der Waals surface area contributed by atoms with Crippen molar-refractivity contribution in [3.05, 3.63) is 28.2 Å². The molecule has 84 valence electrons. The van der Waals surface area contributed by atoms with Gasteiger partial charge in [-0.3, -0.25) is 4.79 Å². The molecular formula is C12H13BrN2O. The Labute approximate surface area is 104 Å². The number of halogens is 1. The molecule has 0 aliphatic rings. The Morgan fingerprint density at radius 3 is 2.88 bits per heavy atom. The summed E-state index contributed by atoms with van der Waals surface area (Å²) in [4.78, 5) is 11.7. The van der Waals surface area contributed by atoms with Crippen molar-refractivity contribution >= 4 is 27.5 Å². The van der Waals surface area contributed by atoms with Crippen LogP contribution in [0.15, 0.2) is 22.7 Å². The molecule has 0 aromatic heterocycles. The van der Waals surface area contributed by atoms with Crippen LogP contribution in [0.4, 0.5) is 5.69 Å². The van der Waals surface area contributed by atoms with Gasteiger partial charge in [0.25, 0.3) is 0 Å². The number of amides is 1. The van der Waals surface area contributed by atoms with Crippen LogP contribution in [0.1, 0.15) is 18.9 Å². The maximum atomic E-state index is 11.7. The van der Waals surface area contributed by atoms with Gasteiger partial charge in [-0.1, -0.05) is 13.0 Å². The summed E-state index contributed by atoms with van der Waals surface area (Å²) in [6.45, 7) is 3.72. The molecule has 1 aromatic carbocycles. The minimum atomic E-state index is -0.293. The molecule has 0 bridgehead atoms. The molecule has 0 saturated heterocycles. The molecule has 0 spiro atoms. The second-order valence-electron chi connectivity index (χ2n) is 3.74. The number of aryl methyl sites for hydroxylation is 1. The summed E-state index contributed by atoms with van der Waals surface area (Å²) >= 11 is 3.38. The van der Waals surface area contributed by atoms with Gasteiger partial charge < -0.3 is 5.32 Å². The Bertz CT molecular complexity index is 437. The van der Waals surface area contributed by atoms with E-state index in [-0.39, 0.29) is 18.2 Å². The van der Waals surface area contributed by atoms with E-state index in [1.54, 1.807) is 6.92 Å². The van der Waals surface area contributed by atoms with Gasteiger partial charge in [-0.15, -0.1) is 0 Å². The fraction of sp³-hybridized carbons (Fsp3) is 0.333. The standard InChI is InChI=1S/C12H13BrN2O/c1-8-3-4-11(10(13)7-8)15-12(16)9(2)5-6-14/h3-4,7,9H,5H2,1-2H3,(H,15,16). The van der Waals surface area contributed by atoms with Gasteiger partial charge in [-0.2, -0.15) is 5.26 Å². The normalized spacial score (nSPS) is 11.6. The van der Waals surface area contributed by atoms with E-state index >= 15 is 0 Å². The average molecular weight is 281 g/mol. The van der Waals surface area contributed by atoms with Gasteiger partial charge >= 0.3 is 0 Å². The van der Waals surface area contributed by atoms with E-state index in [1.807, 2.05) is 31.2 Å². The van der Waals surface area contributed by atoms with E-state index in [4.69, 9.17) is 5.26 Å². The van der Waals surface area contributed by atoms with E-state index < -0.39 is 0 Å². The fourth-order valence-corrected chi connectivity index (χ4v) is 1.80. The zero-order valence-electron chi connectivity index (χ0n) is 9.25. The molecule has 0 heterocycles. The fourth-order valence-electron chi connectivity index (χ4n) is 1.21. The topological polar surface area (TPSA) is 52.9 Å². The van der Waals surface area contributed by atoms with Gasteiger partial charge in [0, 0.05) is 16.8 Å². The number of rotatable bonds is 3. The van der Waals surface area contributed by atoms with Gasteiger partial charge in [0.05, 0.1) is 11.8 Å². The number of nitrogens with zero attached hydrogens (tertiary/aromatic N) is 1. The van der Waals surface area contributed by atoms with Gasteiger partial charge in [-0.05, 0) is 40.5 Å². The highest BCUT2D eigenvalue weighted by atomic mass is 79.9. The smallest absolute Gasteiger partial charge is 0.228 e. The van der Waals surface area contributed by atoms with Crippen LogP contribution in [0.25, 0.3) is 0 Å². The average Bonchev–Trinajstić information content (AvgIpc) is 2.22. The van der Waals surface area contributed by atoms with Crippen molar-refractivity contribution in [2.75, 3.05) is 5.32 Å². The van der Waals surface area contributed by atoms with Crippen LogP contribution < -0.4 is 5.32 Å². The van der Waals surface area contributed by atoms with Crippen LogP contribution in [0, 0.1) is 24.2 Å². The van der Waals surface area contributed by atoms with E-state index in [9.17, 15) is 4.79 Å². The van der Waals surface area contributed by atoms with E-state index in [0.717, 1.165) is 15.7 Å². The van der Waals surface area contributed by atoms with Crippen molar-refractivity contribution in [3.8, 4) is 6.07 Å². The SMILES string of the molecule is Cc1ccc(NC(=O)C(C)CC#N)c(Br)c1. The summed E-state index contributed by atoms with van der Waals surface area (Å²) in [5.41, 5.74) is 1.86. The molecule has 1 aromatic rings. The lowest BCUT2D eigenvalue weighted by Gasteiger charge is -2.11. The Balaban J connectivity index is 2.74. The third-order valence-electron chi connectivity index (χ3n) is 2.23. The Kier molecular flexibility index (Phi) is 4.51. The van der Waals surface area contributed by atoms with Crippen LogP contribution in [-0.2, 0) is 4.79 Å². The molecular weight excluding hydrogens is 268 g/mol. The monoisotopic (exact) mass is 280 g/mol. The quantitative estimate of drug-likeness (QED) is 0.924. The third-order valence-corrected chi connectivity index (χ3v) is 2.88. The van der Waals surface area contributed by atoms with Crippen LogP contribution in [-0.4, -0.2) is 5.91 Å². The van der Waals surface area contributed by atoms with Gasteiger partial charge in [0.15, 0.2) is 0 Å². The van der Waals surface area contributed by atoms with Gasteiger partial charge in [0.2, 0.25) is 5.91 Å². The third kappa shape index (κ3) is 3.35. The van der Waals surface area contributed by atoms with Gasteiger partial charge in [0.1, 0.15) is 0 Å². The maximum Gasteiger partial charge on any atom is 0.228 e. The number of nitriles is 1. The molecule has 1 rings (SSSR count). The largest absolute Gasteiger partial charge is 0.325 e. The van der Waals surface area contributed by atoms with Crippen molar-refractivity contribution in [3.63, 3.8) is 0 Å². The summed E-state index contributed by atoms with van der Waals surface area (Å²) < 4.78 is 0.852. The second kappa shape index (κ2) is 5.66. The van der Waals surface area contributed by atoms with Crippen LogP contribution in [0.3, 0.4) is 0 Å². The molecule has 4 heteroatoms. The number of hydrogen-bond acceptors (Lipinski definition) is 2. The van der Waals surface area contributed by atoms with E-state index in [2.05, 4.69) is 21.2 Å². The molecule has 0 fully saturated rings. The first kappa shape index (κ1) is 12.7. The minimum absolute atomic E-state index is 0.133. The zero-order chi connectivity index (χ0) is 12.1. The Hall–Kier alpha value is -1.34. The van der Waals surface area contributed by atoms with Crippen LogP contribution in [0.2, 0.25) is 0 Å². The summed E-state index contributed by atoms with van der Waals surface area (Å²) in [6, 6.07) is 7.69. The van der Waals surface area contributed by atoms with Crippen molar-refractivity contribution in [2.45, 2.75) is 20.3 Å². The first-order valence-corrected chi connectivity index (χ1v) is 5.78. The van der Waals surface area contributed by atoms with Crippen molar-refractivity contribution < 1.29 is 4.79 Å². The first-order chi connectivity index (χ1) is 7.54. The number of nitrogens with one attached hydrogen (secondary N) is 1. The second-order valence-corrected chi connectivity index (χ2v) is 4.59. The summed E-state index contributed by atoms with van der Waals surface area (Å²) in [6.07, 6.45) is 0.231. The number of hydrogen-bond donors (Lipinski definition) is 1. The molecule has 16 heavy (non-hydrogen) atoms. The molecule has 0 aliphatic heterocycles. The molecule has 0 aliphatic carbocycles. The van der Waals surface area contributed by atoms with Crippen LogP contribution in [0.5, 0.6) is 0 Å². The molecule has 0 saturated carbocycles. The predicted molar refractivity (Wildman–Crippen MR) is 66.9 cm³/mol. The Morgan fingerprint density at radius 1 is 1.62 bits per heavy atom. The number of anilines is 1. The first-order valence-electron chi connectivity index (χ1n) is 4.98. The molecule has 1 unspecified atom stereocenters. The zero-order valence-corrected chi connectivity index (χ0v) is 10.8. The minimum Gasteiger partial charge on any atom is -0.325 e. The number of benzene rings is 1. The van der Waals surface area contributed by atoms with Crippen molar-refractivity contribution in [1.29, 1.82) is 5.26 Å². The molecule has 0 radical (unpaired) electrons. The van der Waals surface area contributed by atoms with Gasteiger partial charge in [-0.25, -0.2) is 0 Å². The number of carbonyl (C=O) groups excluding carboxylic acids is 1. The molecule has 1 atom stereocenters. The highest BCUT2D eigenvalue weighted by Gasteiger charge is 2.13.